The van der Waals surface area contributed by atoms with Crippen LogP contribution in [0, 0.1) is 22.7 Å². The molecule has 0 unspecified atom stereocenters. The zero-order chi connectivity index (χ0) is 36.6. The van der Waals surface area contributed by atoms with E-state index in [1.54, 1.807) is 0 Å². The van der Waals surface area contributed by atoms with Gasteiger partial charge in [-0.05, 0) is 77.9 Å². The fourth-order valence-corrected chi connectivity index (χ4v) is 8.81. The first-order chi connectivity index (χ1) is 27.2. The maximum Gasteiger partial charge on any atom is 0.101 e. The Morgan fingerprint density at radius 3 is 1.51 bits per heavy atom. The molecule has 3 aromatic heterocycles. The van der Waals surface area contributed by atoms with E-state index in [0.29, 0.717) is 11.1 Å². The summed E-state index contributed by atoms with van der Waals surface area (Å²) in [6.07, 6.45) is 0. The van der Waals surface area contributed by atoms with Gasteiger partial charge in [-0.3, -0.25) is 0 Å². The topological polar surface area (TPSA) is 62.4 Å². The van der Waals surface area contributed by atoms with Gasteiger partial charge < -0.3 is 13.7 Å². The predicted molar refractivity (Wildman–Crippen MR) is 224 cm³/mol. The Hall–Kier alpha value is -7.86. The van der Waals surface area contributed by atoms with Crippen LogP contribution < -0.4 is 0 Å². The van der Waals surface area contributed by atoms with E-state index < -0.39 is 0 Å². The van der Waals surface area contributed by atoms with Crippen molar-refractivity contribution >= 4 is 65.4 Å². The molecule has 0 amide bonds. The lowest BCUT2D eigenvalue weighted by Gasteiger charge is -2.16. The minimum Gasteiger partial charge on any atom is -0.309 e. The van der Waals surface area contributed by atoms with Gasteiger partial charge in [0.1, 0.15) is 6.07 Å². The normalized spacial score (nSPS) is 11.6. The molecule has 254 valence electrons. The molecule has 0 atom stereocenters. The maximum absolute atomic E-state index is 10.8. The first kappa shape index (κ1) is 30.7. The number of para-hydroxylation sites is 5. The standard InChI is InChI=1S/C50H29N5/c51-30-34-11-9-21-47-49(34)41-15-4-8-20-46(41)53(47)36-26-23-32(24-27-36)33-25-28-42(35(29-33)31-52)55-45-19-7-3-14-39(45)40-16-10-22-48(50(40)55)54-43-17-5-1-12-37(43)38-13-2-6-18-44(38)54/h1-29H. The zero-order valence-electron chi connectivity index (χ0n) is 29.5. The summed E-state index contributed by atoms with van der Waals surface area (Å²) in [5.74, 6) is 0. The molecule has 0 aliphatic heterocycles. The van der Waals surface area contributed by atoms with E-state index >= 15 is 0 Å². The molecular weight excluding hydrogens is 671 g/mol. The molecule has 5 heteroatoms. The van der Waals surface area contributed by atoms with Crippen molar-refractivity contribution < 1.29 is 0 Å². The van der Waals surface area contributed by atoms with Crippen LogP contribution in [-0.2, 0) is 0 Å². The number of benzene rings is 8. The van der Waals surface area contributed by atoms with Crippen LogP contribution in [0.15, 0.2) is 176 Å². The highest BCUT2D eigenvalue weighted by atomic mass is 15.1. The van der Waals surface area contributed by atoms with E-state index in [2.05, 4.69) is 171 Å². The highest BCUT2D eigenvalue weighted by Gasteiger charge is 2.21. The molecular formula is C50H29N5. The molecule has 8 aromatic carbocycles. The van der Waals surface area contributed by atoms with Gasteiger partial charge in [0, 0.05) is 38.0 Å². The molecule has 0 aliphatic rings. The highest BCUT2D eigenvalue weighted by Crippen LogP contribution is 2.41. The lowest BCUT2D eigenvalue weighted by Crippen LogP contribution is -2.02. The fourth-order valence-electron chi connectivity index (χ4n) is 8.81. The van der Waals surface area contributed by atoms with Gasteiger partial charge in [-0.25, -0.2) is 0 Å². The van der Waals surface area contributed by atoms with Crippen LogP contribution in [0.4, 0.5) is 0 Å². The van der Waals surface area contributed by atoms with Crippen molar-refractivity contribution in [3.63, 3.8) is 0 Å². The molecule has 55 heavy (non-hydrogen) atoms. The van der Waals surface area contributed by atoms with Crippen LogP contribution in [0.2, 0.25) is 0 Å². The van der Waals surface area contributed by atoms with Gasteiger partial charge in [0.15, 0.2) is 0 Å². The number of hydrogen-bond donors (Lipinski definition) is 0. The summed E-state index contributed by atoms with van der Waals surface area (Å²) in [6, 6.07) is 65.9. The van der Waals surface area contributed by atoms with Crippen LogP contribution in [0.5, 0.6) is 0 Å². The summed E-state index contributed by atoms with van der Waals surface area (Å²) in [4.78, 5) is 0. The fraction of sp³-hybridized carbons (Fsp3) is 0. The maximum atomic E-state index is 10.8. The van der Waals surface area contributed by atoms with E-state index in [1.165, 1.54) is 10.8 Å². The number of nitriles is 2. The molecule has 11 rings (SSSR count). The summed E-state index contributed by atoms with van der Waals surface area (Å²) in [5.41, 5.74) is 12.5. The van der Waals surface area contributed by atoms with Crippen molar-refractivity contribution in [2.45, 2.75) is 0 Å². The molecule has 0 N–H and O–H groups in total. The first-order valence-electron chi connectivity index (χ1n) is 18.3. The second kappa shape index (κ2) is 11.8. The van der Waals surface area contributed by atoms with Crippen molar-refractivity contribution in [3.05, 3.63) is 187 Å². The molecule has 0 aliphatic carbocycles. The van der Waals surface area contributed by atoms with Crippen LogP contribution in [0.1, 0.15) is 11.1 Å². The second-order valence-corrected chi connectivity index (χ2v) is 14.0. The Labute approximate surface area is 316 Å². The third-order valence-electron chi connectivity index (χ3n) is 11.1. The summed E-state index contributed by atoms with van der Waals surface area (Å²) < 4.78 is 6.85. The Balaban J connectivity index is 1.09. The Morgan fingerprint density at radius 1 is 0.345 bits per heavy atom. The lowest BCUT2D eigenvalue weighted by molar-refractivity contribution is 1.12. The molecule has 0 spiro atoms. The molecule has 0 fully saturated rings. The first-order valence-corrected chi connectivity index (χ1v) is 18.3. The Kier molecular flexibility index (Phi) is 6.61. The SMILES string of the molecule is N#Cc1cc(-c2ccc(-n3c4ccccc4c4c(C#N)cccc43)cc2)ccc1-n1c2ccccc2c2cccc(-n3c4ccccc4c4ccccc43)c21. The van der Waals surface area contributed by atoms with Crippen molar-refractivity contribution in [2.24, 2.45) is 0 Å². The molecule has 0 bridgehead atoms. The third-order valence-corrected chi connectivity index (χ3v) is 11.1. The van der Waals surface area contributed by atoms with Gasteiger partial charge in [0.05, 0.1) is 61.7 Å². The predicted octanol–water partition coefficient (Wildman–Crippen LogP) is 12.4. The largest absolute Gasteiger partial charge is 0.309 e. The van der Waals surface area contributed by atoms with Crippen molar-refractivity contribution in [1.82, 2.24) is 13.7 Å². The summed E-state index contributed by atoms with van der Waals surface area (Å²) in [5, 5.41) is 27.4. The van der Waals surface area contributed by atoms with E-state index in [1.807, 2.05) is 30.3 Å². The van der Waals surface area contributed by atoms with Crippen molar-refractivity contribution in [3.8, 4) is 40.3 Å². The van der Waals surface area contributed by atoms with E-state index in [4.69, 9.17) is 0 Å². The highest BCUT2D eigenvalue weighted by molar-refractivity contribution is 6.15. The zero-order valence-corrected chi connectivity index (χ0v) is 29.5. The number of nitrogens with zero attached hydrogens (tertiary/aromatic N) is 5. The molecule has 0 saturated carbocycles. The van der Waals surface area contributed by atoms with Gasteiger partial charge in [-0.2, -0.15) is 10.5 Å². The quantitative estimate of drug-likeness (QED) is 0.184. The molecule has 0 radical (unpaired) electrons. The Morgan fingerprint density at radius 2 is 0.855 bits per heavy atom. The van der Waals surface area contributed by atoms with Crippen LogP contribution in [0.25, 0.3) is 93.6 Å². The third kappa shape index (κ3) is 4.39. The van der Waals surface area contributed by atoms with Crippen molar-refractivity contribution in [2.75, 3.05) is 0 Å². The molecule has 3 heterocycles. The molecule has 11 aromatic rings. The van der Waals surface area contributed by atoms with Gasteiger partial charge in [0.2, 0.25) is 0 Å². The van der Waals surface area contributed by atoms with Gasteiger partial charge in [0.25, 0.3) is 0 Å². The Bertz CT molecular complexity index is 3400. The van der Waals surface area contributed by atoms with Crippen LogP contribution in [-0.4, -0.2) is 13.7 Å². The lowest BCUT2D eigenvalue weighted by atomic mass is 10.0. The average molecular weight is 700 g/mol. The van der Waals surface area contributed by atoms with Gasteiger partial charge >= 0.3 is 0 Å². The summed E-state index contributed by atoms with van der Waals surface area (Å²) in [6.45, 7) is 0. The minimum atomic E-state index is 0.590. The van der Waals surface area contributed by atoms with Gasteiger partial charge in [-0.15, -0.1) is 0 Å². The molecule has 5 nitrogen and oxygen atoms in total. The number of fused-ring (bicyclic) bond motifs is 9. The van der Waals surface area contributed by atoms with Gasteiger partial charge in [-0.1, -0.05) is 109 Å². The van der Waals surface area contributed by atoms with E-state index in [9.17, 15) is 10.5 Å². The van der Waals surface area contributed by atoms with E-state index in [-0.39, 0.29) is 0 Å². The smallest absolute Gasteiger partial charge is 0.101 e. The summed E-state index contributed by atoms with van der Waals surface area (Å²) in [7, 11) is 0. The second-order valence-electron chi connectivity index (χ2n) is 14.0. The monoisotopic (exact) mass is 699 g/mol. The minimum absolute atomic E-state index is 0.590. The number of hydrogen-bond acceptors (Lipinski definition) is 2. The molecule has 0 saturated heterocycles. The average Bonchev–Trinajstić information content (AvgIpc) is 3.89. The van der Waals surface area contributed by atoms with Crippen LogP contribution >= 0.6 is 0 Å². The number of aromatic nitrogens is 3. The number of rotatable bonds is 4. The van der Waals surface area contributed by atoms with Crippen molar-refractivity contribution in [1.29, 1.82) is 10.5 Å². The summed E-state index contributed by atoms with van der Waals surface area (Å²) >= 11 is 0. The van der Waals surface area contributed by atoms with E-state index in [0.717, 1.165) is 82.8 Å². The van der Waals surface area contributed by atoms with Crippen LogP contribution in [0.3, 0.4) is 0 Å².